The van der Waals surface area contributed by atoms with Crippen LogP contribution in [0.2, 0.25) is 5.02 Å². The minimum atomic E-state index is -0.991. The van der Waals surface area contributed by atoms with Crippen LogP contribution in [0.5, 0.6) is 0 Å². The molecule has 0 aromatic heterocycles. The fourth-order valence-corrected chi connectivity index (χ4v) is 3.00. The monoisotopic (exact) mass is 286 g/mol. The summed E-state index contributed by atoms with van der Waals surface area (Å²) in [6, 6.07) is 3.76. The Bertz CT molecular complexity index is 509. The second-order valence-corrected chi connectivity index (χ2v) is 5.27. The number of carbonyl (C=O) groups is 2. The van der Waals surface area contributed by atoms with Crippen molar-refractivity contribution in [3.8, 4) is 0 Å². The van der Waals surface area contributed by atoms with Crippen molar-refractivity contribution in [2.45, 2.75) is 6.04 Å². The fraction of sp³-hybridized carbons (Fsp3) is 0.273. The van der Waals surface area contributed by atoms with E-state index in [9.17, 15) is 9.59 Å². The summed E-state index contributed by atoms with van der Waals surface area (Å²) in [5, 5.41) is 9.32. The first-order valence-corrected chi connectivity index (χ1v) is 6.70. The maximum Gasteiger partial charge on any atom is 0.327 e. The first kappa shape index (κ1) is 13.0. The summed E-state index contributed by atoms with van der Waals surface area (Å²) >= 11 is 7.26. The Hall–Kier alpha value is -1.40. The molecule has 96 valence electrons. The van der Waals surface area contributed by atoms with E-state index in [4.69, 9.17) is 22.4 Å². The molecular formula is C11H11ClN2O3S. The molecule has 1 aromatic rings. The lowest BCUT2D eigenvalue weighted by Gasteiger charge is -2.20. The SMILES string of the molecule is Nc1ccc(C(=O)N2CSC[C@H]2C(=O)O)cc1Cl. The number of hydrogen-bond donors (Lipinski definition) is 2. The highest BCUT2D eigenvalue weighted by Gasteiger charge is 2.35. The largest absolute Gasteiger partial charge is 0.480 e. The van der Waals surface area contributed by atoms with Crippen molar-refractivity contribution in [3.63, 3.8) is 0 Å². The predicted octanol–water partition coefficient (Wildman–Crippen LogP) is 1.52. The standard InChI is InChI=1S/C11H11ClN2O3S/c12-7-3-6(1-2-8(7)13)10(15)14-5-18-4-9(14)11(16)17/h1-3,9H,4-5,13H2,(H,16,17)/t9-/m0/s1. The van der Waals surface area contributed by atoms with Gasteiger partial charge >= 0.3 is 5.97 Å². The molecule has 1 atom stereocenters. The number of rotatable bonds is 2. The van der Waals surface area contributed by atoms with Gasteiger partial charge in [0.05, 0.1) is 16.6 Å². The van der Waals surface area contributed by atoms with E-state index < -0.39 is 12.0 Å². The molecule has 3 N–H and O–H groups in total. The topological polar surface area (TPSA) is 83.6 Å². The van der Waals surface area contributed by atoms with E-state index in [-0.39, 0.29) is 5.91 Å². The smallest absolute Gasteiger partial charge is 0.327 e. The van der Waals surface area contributed by atoms with Crippen LogP contribution in [0.1, 0.15) is 10.4 Å². The summed E-state index contributed by atoms with van der Waals surface area (Å²) in [4.78, 5) is 24.5. The van der Waals surface area contributed by atoms with Crippen molar-refractivity contribution < 1.29 is 14.7 Å². The summed E-state index contributed by atoms with van der Waals surface area (Å²) in [5.41, 5.74) is 6.30. The van der Waals surface area contributed by atoms with Gasteiger partial charge in [0.1, 0.15) is 6.04 Å². The van der Waals surface area contributed by atoms with Crippen molar-refractivity contribution in [1.29, 1.82) is 0 Å². The molecule has 5 nitrogen and oxygen atoms in total. The third kappa shape index (κ3) is 2.39. The Kier molecular flexibility index (Phi) is 3.68. The second-order valence-electron chi connectivity index (χ2n) is 3.87. The number of aliphatic carboxylic acids is 1. The zero-order valence-corrected chi connectivity index (χ0v) is 10.9. The summed E-state index contributed by atoms with van der Waals surface area (Å²) in [5.74, 6) is -0.550. The van der Waals surface area contributed by atoms with Crippen molar-refractivity contribution in [2.75, 3.05) is 17.4 Å². The number of thioether (sulfide) groups is 1. The van der Waals surface area contributed by atoms with Crippen LogP contribution >= 0.6 is 23.4 Å². The van der Waals surface area contributed by atoms with Crippen LogP contribution in [0, 0.1) is 0 Å². The van der Waals surface area contributed by atoms with E-state index >= 15 is 0 Å². The predicted molar refractivity (Wildman–Crippen MR) is 70.8 cm³/mol. The van der Waals surface area contributed by atoms with E-state index in [0.717, 1.165) is 0 Å². The van der Waals surface area contributed by atoms with E-state index in [2.05, 4.69) is 0 Å². The number of carboxylic acids is 1. The minimum Gasteiger partial charge on any atom is -0.480 e. The molecule has 0 aliphatic carbocycles. The number of amides is 1. The van der Waals surface area contributed by atoms with Gasteiger partial charge in [-0.2, -0.15) is 0 Å². The molecule has 1 fully saturated rings. The second kappa shape index (κ2) is 5.07. The van der Waals surface area contributed by atoms with Gasteiger partial charge in [-0.3, -0.25) is 4.79 Å². The normalized spacial score (nSPS) is 18.9. The molecule has 0 saturated carbocycles. The van der Waals surface area contributed by atoms with Crippen LogP contribution in [-0.2, 0) is 4.79 Å². The highest BCUT2D eigenvalue weighted by atomic mass is 35.5. The molecule has 1 aliphatic heterocycles. The summed E-state index contributed by atoms with van der Waals surface area (Å²) in [6.45, 7) is 0. The highest BCUT2D eigenvalue weighted by Crippen LogP contribution is 2.25. The molecule has 1 aromatic carbocycles. The van der Waals surface area contributed by atoms with Crippen LogP contribution in [0.25, 0.3) is 0 Å². The van der Waals surface area contributed by atoms with Gasteiger partial charge in [-0.1, -0.05) is 11.6 Å². The van der Waals surface area contributed by atoms with Gasteiger partial charge in [-0.05, 0) is 18.2 Å². The molecule has 1 heterocycles. The molecule has 1 saturated heterocycles. The van der Waals surface area contributed by atoms with Crippen molar-refractivity contribution in [2.24, 2.45) is 0 Å². The van der Waals surface area contributed by atoms with E-state index in [1.165, 1.54) is 28.8 Å². The first-order valence-electron chi connectivity index (χ1n) is 5.17. The number of anilines is 1. The van der Waals surface area contributed by atoms with Crippen LogP contribution in [0.3, 0.4) is 0 Å². The third-order valence-electron chi connectivity index (χ3n) is 2.68. The number of hydrogen-bond acceptors (Lipinski definition) is 4. The van der Waals surface area contributed by atoms with Crippen molar-refractivity contribution >= 4 is 40.9 Å². The summed E-state index contributed by atoms with van der Waals surface area (Å²) in [7, 11) is 0. The van der Waals surface area contributed by atoms with E-state index in [0.29, 0.717) is 27.9 Å². The molecule has 1 aliphatic rings. The number of benzene rings is 1. The summed E-state index contributed by atoms with van der Waals surface area (Å²) < 4.78 is 0. The maximum absolute atomic E-state index is 12.2. The van der Waals surface area contributed by atoms with Crippen LogP contribution in [-0.4, -0.2) is 39.6 Å². The fourth-order valence-electron chi connectivity index (χ4n) is 1.67. The zero-order chi connectivity index (χ0) is 13.3. The highest BCUT2D eigenvalue weighted by molar-refractivity contribution is 7.99. The van der Waals surface area contributed by atoms with Gasteiger partial charge < -0.3 is 15.7 Å². The molecule has 18 heavy (non-hydrogen) atoms. The van der Waals surface area contributed by atoms with Crippen LogP contribution in [0.4, 0.5) is 5.69 Å². The van der Waals surface area contributed by atoms with Crippen LogP contribution in [0.15, 0.2) is 18.2 Å². The maximum atomic E-state index is 12.2. The van der Waals surface area contributed by atoms with Gasteiger partial charge in [-0.25, -0.2) is 4.79 Å². The first-order chi connectivity index (χ1) is 8.50. The van der Waals surface area contributed by atoms with Crippen LogP contribution < -0.4 is 5.73 Å². The Morgan fingerprint density at radius 1 is 1.50 bits per heavy atom. The molecule has 7 heteroatoms. The van der Waals surface area contributed by atoms with E-state index in [1.807, 2.05) is 0 Å². The molecule has 2 rings (SSSR count). The number of halogens is 1. The Balaban J connectivity index is 2.25. The number of nitrogens with zero attached hydrogens (tertiary/aromatic N) is 1. The van der Waals surface area contributed by atoms with Gasteiger partial charge in [0, 0.05) is 11.3 Å². The molecule has 0 unspecified atom stereocenters. The molecule has 0 radical (unpaired) electrons. The van der Waals surface area contributed by atoms with E-state index in [1.54, 1.807) is 6.07 Å². The van der Waals surface area contributed by atoms with Crippen molar-refractivity contribution in [1.82, 2.24) is 4.90 Å². The molecule has 1 amide bonds. The average molecular weight is 287 g/mol. The van der Waals surface area contributed by atoms with Gasteiger partial charge in [-0.15, -0.1) is 11.8 Å². The van der Waals surface area contributed by atoms with Crippen molar-refractivity contribution in [3.05, 3.63) is 28.8 Å². The Morgan fingerprint density at radius 3 is 2.83 bits per heavy atom. The quantitative estimate of drug-likeness (QED) is 0.806. The lowest BCUT2D eigenvalue weighted by Crippen LogP contribution is -2.41. The average Bonchev–Trinajstić information content (AvgIpc) is 2.81. The number of carboxylic acid groups (broad SMARTS) is 1. The molecule has 0 bridgehead atoms. The minimum absolute atomic E-state index is 0.291. The Morgan fingerprint density at radius 2 is 2.22 bits per heavy atom. The Labute approximate surface area is 113 Å². The lowest BCUT2D eigenvalue weighted by molar-refractivity contribution is -0.140. The number of nitrogens with two attached hydrogens (primary N) is 1. The van der Waals surface area contributed by atoms with Gasteiger partial charge in [0.2, 0.25) is 0 Å². The zero-order valence-electron chi connectivity index (χ0n) is 9.30. The molecular weight excluding hydrogens is 276 g/mol. The third-order valence-corrected chi connectivity index (χ3v) is 4.02. The van der Waals surface area contributed by atoms with Gasteiger partial charge in [0.15, 0.2) is 0 Å². The number of nitrogen functional groups attached to an aromatic ring is 1. The number of carbonyl (C=O) groups excluding carboxylic acids is 1. The summed E-state index contributed by atoms with van der Waals surface area (Å²) in [6.07, 6.45) is 0. The molecule has 0 spiro atoms. The lowest BCUT2D eigenvalue weighted by atomic mass is 10.1. The van der Waals surface area contributed by atoms with Gasteiger partial charge in [0.25, 0.3) is 5.91 Å².